The Morgan fingerprint density at radius 3 is 2.55 bits per heavy atom. The summed E-state index contributed by atoms with van der Waals surface area (Å²) >= 11 is 12.0. The molecule has 6 heteroatoms. The molecule has 0 radical (unpaired) electrons. The fourth-order valence-corrected chi connectivity index (χ4v) is 2.03. The number of carbonyl (C=O) groups is 1. The molecule has 2 aromatic carbocycles. The molecule has 0 aromatic heterocycles. The minimum Gasteiger partial charge on any atom is -0.397 e. The standard InChI is InChI=1S/C14H13Cl2N3O/c1-18-14(20)8-2-5-11(17)13(6-8)19-12-7-9(15)3-4-10(12)16/h2-7,19H,17H2,1H3,(H,18,20). The fourth-order valence-electron chi connectivity index (χ4n) is 1.69. The third-order valence-electron chi connectivity index (χ3n) is 2.74. The first-order valence-electron chi connectivity index (χ1n) is 5.85. The average Bonchev–Trinajstić information content (AvgIpc) is 2.44. The number of nitrogen functional groups attached to an aromatic ring is 1. The highest BCUT2D eigenvalue weighted by molar-refractivity contribution is 6.35. The van der Waals surface area contributed by atoms with Gasteiger partial charge in [0.25, 0.3) is 5.91 Å². The Morgan fingerprint density at radius 1 is 1.10 bits per heavy atom. The summed E-state index contributed by atoms with van der Waals surface area (Å²) in [6.07, 6.45) is 0. The maximum atomic E-state index is 11.6. The van der Waals surface area contributed by atoms with Crippen LogP contribution in [0.3, 0.4) is 0 Å². The van der Waals surface area contributed by atoms with Crippen LogP contribution in [0.4, 0.5) is 17.1 Å². The molecule has 0 fully saturated rings. The lowest BCUT2D eigenvalue weighted by atomic mass is 10.1. The van der Waals surface area contributed by atoms with Gasteiger partial charge in [0.05, 0.1) is 22.1 Å². The monoisotopic (exact) mass is 309 g/mol. The van der Waals surface area contributed by atoms with Crippen molar-refractivity contribution in [3.05, 3.63) is 52.0 Å². The van der Waals surface area contributed by atoms with E-state index in [4.69, 9.17) is 28.9 Å². The molecular weight excluding hydrogens is 297 g/mol. The number of nitrogens with one attached hydrogen (secondary N) is 2. The highest BCUT2D eigenvalue weighted by Crippen LogP contribution is 2.31. The van der Waals surface area contributed by atoms with Crippen LogP contribution in [0, 0.1) is 0 Å². The van der Waals surface area contributed by atoms with Gasteiger partial charge in [-0.2, -0.15) is 0 Å². The molecule has 0 aliphatic heterocycles. The number of hydrogen-bond donors (Lipinski definition) is 3. The van der Waals surface area contributed by atoms with Crippen LogP contribution < -0.4 is 16.4 Å². The lowest BCUT2D eigenvalue weighted by molar-refractivity contribution is 0.0963. The second-order valence-electron chi connectivity index (χ2n) is 4.13. The van der Waals surface area contributed by atoms with Gasteiger partial charge in [0.1, 0.15) is 0 Å². The topological polar surface area (TPSA) is 67.2 Å². The van der Waals surface area contributed by atoms with Crippen molar-refractivity contribution >= 4 is 46.2 Å². The summed E-state index contributed by atoms with van der Waals surface area (Å²) in [5, 5.41) is 6.70. The van der Waals surface area contributed by atoms with Crippen molar-refractivity contribution in [3.8, 4) is 0 Å². The molecule has 0 heterocycles. The molecule has 2 rings (SSSR count). The molecule has 0 aliphatic rings. The SMILES string of the molecule is CNC(=O)c1ccc(N)c(Nc2cc(Cl)ccc2Cl)c1. The predicted octanol–water partition coefficient (Wildman–Crippen LogP) is 3.68. The highest BCUT2D eigenvalue weighted by Gasteiger charge is 2.09. The van der Waals surface area contributed by atoms with Gasteiger partial charge in [-0.15, -0.1) is 0 Å². The molecule has 0 unspecified atom stereocenters. The molecular formula is C14H13Cl2N3O. The van der Waals surface area contributed by atoms with E-state index in [9.17, 15) is 4.79 Å². The van der Waals surface area contributed by atoms with Gasteiger partial charge in [-0.05, 0) is 36.4 Å². The van der Waals surface area contributed by atoms with Gasteiger partial charge in [0.15, 0.2) is 0 Å². The molecule has 4 nitrogen and oxygen atoms in total. The van der Waals surface area contributed by atoms with Crippen LogP contribution in [-0.4, -0.2) is 13.0 Å². The molecule has 0 saturated carbocycles. The zero-order valence-electron chi connectivity index (χ0n) is 10.7. The van der Waals surface area contributed by atoms with Crippen LogP contribution >= 0.6 is 23.2 Å². The Kier molecular flexibility index (Phi) is 4.37. The Morgan fingerprint density at radius 2 is 1.85 bits per heavy atom. The summed E-state index contributed by atoms with van der Waals surface area (Å²) in [6.45, 7) is 0. The smallest absolute Gasteiger partial charge is 0.251 e. The molecule has 0 bridgehead atoms. The summed E-state index contributed by atoms with van der Waals surface area (Å²) in [5.74, 6) is -0.190. The predicted molar refractivity (Wildman–Crippen MR) is 84.0 cm³/mol. The molecule has 0 spiro atoms. The summed E-state index contributed by atoms with van der Waals surface area (Å²) < 4.78 is 0. The van der Waals surface area contributed by atoms with Crippen LogP contribution in [0.2, 0.25) is 10.0 Å². The number of halogens is 2. The number of benzene rings is 2. The van der Waals surface area contributed by atoms with Gasteiger partial charge < -0.3 is 16.4 Å². The van der Waals surface area contributed by atoms with E-state index in [1.807, 2.05) is 0 Å². The molecule has 0 aliphatic carbocycles. The molecule has 20 heavy (non-hydrogen) atoms. The Bertz CT molecular complexity index is 659. The van der Waals surface area contributed by atoms with Crippen LogP contribution in [0.15, 0.2) is 36.4 Å². The normalized spacial score (nSPS) is 10.2. The Labute approximate surface area is 126 Å². The number of hydrogen-bond acceptors (Lipinski definition) is 3. The van der Waals surface area contributed by atoms with E-state index in [1.54, 1.807) is 43.4 Å². The van der Waals surface area contributed by atoms with Crippen molar-refractivity contribution in [1.82, 2.24) is 5.32 Å². The van der Waals surface area contributed by atoms with Crippen molar-refractivity contribution in [1.29, 1.82) is 0 Å². The number of carbonyl (C=O) groups excluding carboxylic acids is 1. The van der Waals surface area contributed by atoms with Gasteiger partial charge in [0, 0.05) is 17.6 Å². The van der Waals surface area contributed by atoms with Crippen molar-refractivity contribution < 1.29 is 4.79 Å². The lowest BCUT2D eigenvalue weighted by Gasteiger charge is -2.12. The van der Waals surface area contributed by atoms with Gasteiger partial charge in [-0.3, -0.25) is 4.79 Å². The van der Waals surface area contributed by atoms with Gasteiger partial charge in [0.2, 0.25) is 0 Å². The lowest BCUT2D eigenvalue weighted by Crippen LogP contribution is -2.18. The van der Waals surface area contributed by atoms with Crippen molar-refractivity contribution in [3.63, 3.8) is 0 Å². The minimum absolute atomic E-state index is 0.190. The molecule has 4 N–H and O–H groups in total. The molecule has 1 amide bonds. The zero-order chi connectivity index (χ0) is 14.7. The van der Waals surface area contributed by atoms with Crippen LogP contribution in [0.1, 0.15) is 10.4 Å². The van der Waals surface area contributed by atoms with E-state index in [1.165, 1.54) is 0 Å². The number of amides is 1. The third-order valence-corrected chi connectivity index (χ3v) is 3.30. The number of nitrogens with two attached hydrogens (primary N) is 1. The number of rotatable bonds is 3. The minimum atomic E-state index is -0.190. The third kappa shape index (κ3) is 3.15. The van der Waals surface area contributed by atoms with Gasteiger partial charge >= 0.3 is 0 Å². The van der Waals surface area contributed by atoms with Gasteiger partial charge in [-0.25, -0.2) is 0 Å². The summed E-state index contributed by atoms with van der Waals surface area (Å²) in [7, 11) is 1.57. The van der Waals surface area contributed by atoms with Crippen LogP contribution in [0.25, 0.3) is 0 Å². The maximum Gasteiger partial charge on any atom is 0.251 e. The summed E-state index contributed by atoms with van der Waals surface area (Å²) in [4.78, 5) is 11.6. The molecule has 2 aromatic rings. The van der Waals surface area contributed by atoms with Crippen molar-refractivity contribution in [2.75, 3.05) is 18.1 Å². The zero-order valence-corrected chi connectivity index (χ0v) is 12.2. The second-order valence-corrected chi connectivity index (χ2v) is 4.97. The molecule has 104 valence electrons. The van der Waals surface area contributed by atoms with E-state index in [0.29, 0.717) is 32.7 Å². The first-order chi connectivity index (χ1) is 9.51. The first kappa shape index (κ1) is 14.5. The van der Waals surface area contributed by atoms with E-state index < -0.39 is 0 Å². The maximum absolute atomic E-state index is 11.6. The average molecular weight is 310 g/mol. The summed E-state index contributed by atoms with van der Waals surface area (Å²) in [5.41, 5.74) is 8.12. The fraction of sp³-hybridized carbons (Fsp3) is 0.0714. The Balaban J connectivity index is 2.37. The Hall–Kier alpha value is -1.91. The first-order valence-corrected chi connectivity index (χ1v) is 6.60. The van der Waals surface area contributed by atoms with Crippen LogP contribution in [-0.2, 0) is 0 Å². The van der Waals surface area contributed by atoms with E-state index in [2.05, 4.69) is 10.6 Å². The van der Waals surface area contributed by atoms with Crippen molar-refractivity contribution in [2.45, 2.75) is 0 Å². The van der Waals surface area contributed by atoms with Crippen molar-refractivity contribution in [2.24, 2.45) is 0 Å². The highest BCUT2D eigenvalue weighted by atomic mass is 35.5. The van der Waals surface area contributed by atoms with Crippen LogP contribution in [0.5, 0.6) is 0 Å². The van der Waals surface area contributed by atoms with E-state index in [-0.39, 0.29) is 5.91 Å². The van der Waals surface area contributed by atoms with E-state index >= 15 is 0 Å². The summed E-state index contributed by atoms with van der Waals surface area (Å²) in [6, 6.07) is 10.0. The van der Waals surface area contributed by atoms with Gasteiger partial charge in [-0.1, -0.05) is 23.2 Å². The molecule has 0 atom stereocenters. The molecule has 0 saturated heterocycles. The second kappa shape index (κ2) is 6.03. The van der Waals surface area contributed by atoms with E-state index in [0.717, 1.165) is 0 Å². The largest absolute Gasteiger partial charge is 0.397 e. The number of anilines is 3. The quantitative estimate of drug-likeness (QED) is 0.758.